The molecule has 1 fully saturated rings. The van der Waals surface area contributed by atoms with Crippen LogP contribution in [-0.2, 0) is 14.3 Å². The number of rotatable bonds is 41. The summed E-state index contributed by atoms with van der Waals surface area (Å²) in [5, 5.41) is 54.3. The fourth-order valence-electron chi connectivity index (χ4n) is 7.25. The van der Waals surface area contributed by atoms with E-state index in [-0.39, 0.29) is 18.9 Å². The first-order valence-corrected chi connectivity index (χ1v) is 25.6. The van der Waals surface area contributed by atoms with Gasteiger partial charge in [-0.25, -0.2) is 0 Å². The molecule has 0 saturated carbocycles. The fourth-order valence-corrected chi connectivity index (χ4v) is 7.25. The van der Waals surface area contributed by atoms with Crippen molar-refractivity contribution in [2.75, 3.05) is 13.2 Å². The van der Waals surface area contributed by atoms with Crippen LogP contribution in [0.1, 0.15) is 181 Å². The van der Waals surface area contributed by atoms with Crippen LogP contribution in [0.5, 0.6) is 0 Å². The molecule has 6 N–H and O–H groups in total. The number of allylic oxidation sites excluding steroid dienone is 17. The molecule has 370 valence electrons. The first kappa shape index (κ1) is 59.9. The zero-order valence-electron chi connectivity index (χ0n) is 40.7. The number of carbonyl (C=O) groups is 1. The van der Waals surface area contributed by atoms with Gasteiger partial charge in [-0.05, 0) is 96.3 Å². The maximum Gasteiger partial charge on any atom is 0.220 e. The van der Waals surface area contributed by atoms with E-state index in [0.29, 0.717) is 12.8 Å². The minimum absolute atomic E-state index is 0.231. The molecule has 7 atom stereocenters. The van der Waals surface area contributed by atoms with E-state index < -0.39 is 49.5 Å². The summed E-state index contributed by atoms with van der Waals surface area (Å²) in [7, 11) is 0. The third-order valence-electron chi connectivity index (χ3n) is 11.3. The monoisotopic (exact) mass is 908 g/mol. The molecule has 1 rings (SSSR count). The second kappa shape index (κ2) is 44.7. The Morgan fingerprint density at radius 1 is 0.538 bits per heavy atom. The van der Waals surface area contributed by atoms with Crippen molar-refractivity contribution in [3.63, 3.8) is 0 Å². The third kappa shape index (κ3) is 34.8. The van der Waals surface area contributed by atoms with Crippen LogP contribution >= 0.6 is 0 Å². The largest absolute Gasteiger partial charge is 0.394 e. The molecule has 0 aliphatic carbocycles. The second-order valence-electron chi connectivity index (χ2n) is 17.2. The molecule has 0 radical (unpaired) electrons. The standard InChI is InChI=1S/C56H93NO8/c1-3-5-7-9-11-13-15-17-19-21-23-25-27-29-31-33-35-37-39-41-43-45-50(59)49(48-64-56-55(63)54(62)53(61)51(47-58)65-56)57-52(60)46-44-42-40-38-36-34-32-30-28-26-24-22-20-18-16-14-12-10-8-6-4-2/h6,8,12,14,18,20,24,26-27,29-30,32,35-38,43,45,49-51,53-56,58-59,61-63H,3-5,7,9-11,13,15-17,19,21-23,25,28,31,33-34,39-42,44,46-48H2,1-2H3,(H,57,60)/b8-6-,14-12-,20-18-,26-24-,29-27+,32-30-,37-35+,38-36-,45-43+. The van der Waals surface area contributed by atoms with Gasteiger partial charge in [0.15, 0.2) is 6.29 Å². The van der Waals surface area contributed by atoms with Crippen molar-refractivity contribution in [3.05, 3.63) is 109 Å². The van der Waals surface area contributed by atoms with Gasteiger partial charge in [-0.15, -0.1) is 0 Å². The highest BCUT2D eigenvalue weighted by molar-refractivity contribution is 5.76. The molecule has 1 heterocycles. The molecular formula is C56H93NO8. The molecule has 0 aromatic rings. The Hall–Kier alpha value is -3.15. The summed E-state index contributed by atoms with van der Waals surface area (Å²) in [5.41, 5.74) is 0. The number of nitrogens with one attached hydrogen (secondary N) is 1. The molecular weight excluding hydrogens is 815 g/mol. The SMILES string of the molecule is CC/C=C\C/C=C\C/C=C\C/C=C\C/C=C\C/C=C\CCCCC(=O)NC(COC1OC(CO)C(O)C(O)C1O)C(O)/C=C/CC/C=C/CC/C=C/CCCCCCCCCCCCC. The summed E-state index contributed by atoms with van der Waals surface area (Å²) in [6, 6.07) is -0.859. The van der Waals surface area contributed by atoms with E-state index in [9.17, 15) is 30.3 Å². The first-order valence-electron chi connectivity index (χ1n) is 25.6. The zero-order valence-corrected chi connectivity index (χ0v) is 40.7. The Bertz CT molecular complexity index is 1380. The van der Waals surface area contributed by atoms with Gasteiger partial charge in [0.2, 0.25) is 5.91 Å². The number of aliphatic hydroxyl groups excluding tert-OH is 5. The Morgan fingerprint density at radius 3 is 1.48 bits per heavy atom. The predicted octanol–water partition coefficient (Wildman–Crippen LogP) is 11.8. The van der Waals surface area contributed by atoms with Crippen molar-refractivity contribution in [3.8, 4) is 0 Å². The Balaban J connectivity index is 2.40. The summed E-state index contributed by atoms with van der Waals surface area (Å²) in [5.74, 6) is -0.238. The number of hydrogen-bond donors (Lipinski definition) is 6. The third-order valence-corrected chi connectivity index (χ3v) is 11.3. The van der Waals surface area contributed by atoms with Crippen molar-refractivity contribution in [1.29, 1.82) is 0 Å². The van der Waals surface area contributed by atoms with E-state index in [1.54, 1.807) is 6.08 Å². The number of carbonyl (C=O) groups excluding carboxylic acids is 1. The molecule has 0 bridgehead atoms. The lowest BCUT2D eigenvalue weighted by Crippen LogP contribution is -2.60. The lowest BCUT2D eigenvalue weighted by Gasteiger charge is -2.40. The highest BCUT2D eigenvalue weighted by Crippen LogP contribution is 2.22. The Morgan fingerprint density at radius 2 is 0.969 bits per heavy atom. The molecule has 9 heteroatoms. The lowest BCUT2D eigenvalue weighted by atomic mass is 9.99. The fraction of sp³-hybridized carbons (Fsp3) is 0.661. The summed E-state index contributed by atoms with van der Waals surface area (Å²) in [6.07, 6.45) is 58.5. The van der Waals surface area contributed by atoms with E-state index in [1.807, 2.05) is 6.08 Å². The molecule has 9 nitrogen and oxygen atoms in total. The molecule has 1 aliphatic heterocycles. The number of amides is 1. The van der Waals surface area contributed by atoms with Crippen LogP contribution in [0.4, 0.5) is 0 Å². The van der Waals surface area contributed by atoms with Gasteiger partial charge in [0.05, 0.1) is 25.4 Å². The molecule has 1 saturated heterocycles. The van der Waals surface area contributed by atoms with Crippen molar-refractivity contribution in [2.24, 2.45) is 0 Å². The van der Waals surface area contributed by atoms with Gasteiger partial charge in [-0.1, -0.05) is 187 Å². The first-order chi connectivity index (χ1) is 31.8. The van der Waals surface area contributed by atoms with E-state index in [2.05, 4.69) is 116 Å². The lowest BCUT2D eigenvalue weighted by molar-refractivity contribution is -0.302. The number of aliphatic hydroxyl groups is 5. The van der Waals surface area contributed by atoms with E-state index in [0.717, 1.165) is 77.0 Å². The van der Waals surface area contributed by atoms with Crippen molar-refractivity contribution in [2.45, 2.75) is 224 Å². The Kier molecular flexibility index (Phi) is 41.1. The normalized spacial score (nSPS) is 20.9. The van der Waals surface area contributed by atoms with E-state index in [4.69, 9.17) is 9.47 Å². The van der Waals surface area contributed by atoms with Crippen LogP contribution in [0.3, 0.4) is 0 Å². The van der Waals surface area contributed by atoms with Gasteiger partial charge in [0, 0.05) is 6.42 Å². The maximum absolute atomic E-state index is 13.0. The Labute approximate surface area is 396 Å². The summed E-state index contributed by atoms with van der Waals surface area (Å²) < 4.78 is 11.2. The van der Waals surface area contributed by atoms with Gasteiger partial charge in [-0.3, -0.25) is 4.79 Å². The van der Waals surface area contributed by atoms with Crippen LogP contribution in [-0.4, -0.2) is 87.5 Å². The van der Waals surface area contributed by atoms with Crippen LogP contribution in [0.25, 0.3) is 0 Å². The van der Waals surface area contributed by atoms with Gasteiger partial charge in [0.1, 0.15) is 24.4 Å². The molecule has 0 spiro atoms. The highest BCUT2D eigenvalue weighted by Gasteiger charge is 2.44. The van der Waals surface area contributed by atoms with Crippen molar-refractivity contribution >= 4 is 5.91 Å². The topological polar surface area (TPSA) is 149 Å². The summed E-state index contributed by atoms with van der Waals surface area (Å²) in [6.45, 7) is 3.60. The molecule has 1 aliphatic rings. The molecule has 0 aromatic heterocycles. The van der Waals surface area contributed by atoms with Crippen LogP contribution in [0, 0.1) is 0 Å². The average Bonchev–Trinajstić information content (AvgIpc) is 3.31. The minimum atomic E-state index is -1.59. The average molecular weight is 908 g/mol. The predicted molar refractivity (Wildman–Crippen MR) is 271 cm³/mol. The van der Waals surface area contributed by atoms with Crippen molar-refractivity contribution < 1.29 is 39.8 Å². The van der Waals surface area contributed by atoms with E-state index in [1.165, 1.54) is 70.6 Å². The van der Waals surface area contributed by atoms with Gasteiger partial charge in [-0.2, -0.15) is 0 Å². The molecule has 1 amide bonds. The quantitative estimate of drug-likeness (QED) is 0.0262. The van der Waals surface area contributed by atoms with Crippen LogP contribution in [0.2, 0.25) is 0 Å². The number of ether oxygens (including phenoxy) is 2. The van der Waals surface area contributed by atoms with Crippen LogP contribution < -0.4 is 5.32 Å². The van der Waals surface area contributed by atoms with Gasteiger partial charge >= 0.3 is 0 Å². The maximum atomic E-state index is 13.0. The summed E-state index contributed by atoms with van der Waals surface area (Å²) in [4.78, 5) is 13.0. The second-order valence-corrected chi connectivity index (χ2v) is 17.2. The number of unbranched alkanes of at least 4 members (excludes halogenated alkanes) is 15. The minimum Gasteiger partial charge on any atom is -0.394 e. The van der Waals surface area contributed by atoms with Crippen molar-refractivity contribution in [1.82, 2.24) is 5.32 Å². The molecule has 0 aromatic carbocycles. The smallest absolute Gasteiger partial charge is 0.220 e. The molecule has 65 heavy (non-hydrogen) atoms. The zero-order chi connectivity index (χ0) is 47.3. The van der Waals surface area contributed by atoms with Gasteiger partial charge in [0.25, 0.3) is 0 Å². The van der Waals surface area contributed by atoms with Crippen LogP contribution in [0.15, 0.2) is 109 Å². The molecule has 7 unspecified atom stereocenters. The van der Waals surface area contributed by atoms with Gasteiger partial charge < -0.3 is 40.3 Å². The highest BCUT2D eigenvalue weighted by atomic mass is 16.7. The summed E-state index contributed by atoms with van der Waals surface area (Å²) >= 11 is 0. The number of hydrogen-bond acceptors (Lipinski definition) is 8. The van der Waals surface area contributed by atoms with E-state index >= 15 is 0 Å².